The summed E-state index contributed by atoms with van der Waals surface area (Å²) < 4.78 is 1.74. The predicted molar refractivity (Wildman–Crippen MR) is 134 cm³/mol. The van der Waals surface area contributed by atoms with E-state index < -0.39 is 0 Å². The Balaban J connectivity index is 1.90. The molecule has 1 aromatic heterocycles. The average Bonchev–Trinajstić information content (AvgIpc) is 3.39. The van der Waals surface area contributed by atoms with Crippen LogP contribution in [0, 0.1) is 5.92 Å². The third-order valence-corrected chi connectivity index (χ3v) is 6.92. The average molecular weight is 446 g/mol. The van der Waals surface area contributed by atoms with E-state index in [2.05, 4.69) is 32.9 Å². The third kappa shape index (κ3) is 4.59. The lowest BCUT2D eigenvalue weighted by atomic mass is 10.0. The van der Waals surface area contributed by atoms with Crippen LogP contribution >= 0.6 is 0 Å². The summed E-state index contributed by atoms with van der Waals surface area (Å²) in [7, 11) is 0. The second-order valence-corrected chi connectivity index (χ2v) is 9.08. The number of carbonyl (C=O) groups excluding carboxylic acids is 1. The van der Waals surface area contributed by atoms with Crippen LogP contribution in [0.2, 0.25) is 0 Å². The standard InChI is InChI=1S/C28H35N3O2/c1-4-19-30(27(32)21-11-7-8-12-21)25(6-3)26-29-24-14-10-9-13-23(24)28(33)31(26)22-17-15-20(5-2)16-18-22/h9-10,13-18,21,25H,4-8,11-12,19H2,1-3H3. The van der Waals surface area contributed by atoms with Gasteiger partial charge in [-0.3, -0.25) is 14.2 Å². The first-order valence-electron chi connectivity index (χ1n) is 12.5. The van der Waals surface area contributed by atoms with E-state index in [1.54, 1.807) is 4.57 Å². The molecule has 0 aliphatic heterocycles. The molecule has 5 nitrogen and oxygen atoms in total. The molecule has 3 aromatic rings. The Morgan fingerprint density at radius 2 is 1.76 bits per heavy atom. The first kappa shape index (κ1) is 23.2. The number of hydrogen-bond acceptors (Lipinski definition) is 3. The largest absolute Gasteiger partial charge is 0.332 e. The highest BCUT2D eigenvalue weighted by molar-refractivity contribution is 5.80. The van der Waals surface area contributed by atoms with Gasteiger partial charge in [-0.15, -0.1) is 0 Å². The van der Waals surface area contributed by atoms with Crippen LogP contribution in [0.4, 0.5) is 0 Å². The molecule has 0 spiro atoms. The van der Waals surface area contributed by atoms with E-state index in [0.29, 0.717) is 29.7 Å². The molecule has 1 aliphatic carbocycles. The quantitative estimate of drug-likeness (QED) is 0.438. The number of fused-ring (bicyclic) bond motifs is 1. The van der Waals surface area contributed by atoms with Crippen molar-refractivity contribution in [1.29, 1.82) is 0 Å². The number of amides is 1. The fourth-order valence-corrected chi connectivity index (χ4v) is 5.11. The summed E-state index contributed by atoms with van der Waals surface area (Å²) in [6.45, 7) is 6.98. The molecule has 33 heavy (non-hydrogen) atoms. The van der Waals surface area contributed by atoms with Crippen molar-refractivity contribution in [3.8, 4) is 5.69 Å². The molecular weight excluding hydrogens is 410 g/mol. The highest BCUT2D eigenvalue weighted by atomic mass is 16.2. The van der Waals surface area contributed by atoms with E-state index in [9.17, 15) is 9.59 Å². The van der Waals surface area contributed by atoms with E-state index in [1.807, 2.05) is 41.3 Å². The van der Waals surface area contributed by atoms with E-state index in [0.717, 1.165) is 44.2 Å². The molecule has 1 amide bonds. The molecule has 0 radical (unpaired) electrons. The SMILES string of the molecule is CCCN(C(=O)C1CCCC1)C(CC)c1nc2ccccc2c(=O)n1-c1ccc(CC)cc1. The zero-order valence-electron chi connectivity index (χ0n) is 20.1. The van der Waals surface area contributed by atoms with Gasteiger partial charge in [0.1, 0.15) is 5.82 Å². The van der Waals surface area contributed by atoms with Gasteiger partial charge in [-0.25, -0.2) is 4.98 Å². The van der Waals surface area contributed by atoms with Gasteiger partial charge < -0.3 is 4.90 Å². The normalized spacial score (nSPS) is 15.1. The maximum absolute atomic E-state index is 13.8. The van der Waals surface area contributed by atoms with Gasteiger partial charge in [-0.05, 0) is 61.9 Å². The van der Waals surface area contributed by atoms with Gasteiger partial charge >= 0.3 is 0 Å². The van der Waals surface area contributed by atoms with Crippen LogP contribution in [0.3, 0.4) is 0 Å². The molecule has 1 unspecified atom stereocenters. The second kappa shape index (κ2) is 10.3. The van der Waals surface area contributed by atoms with Crippen molar-refractivity contribution in [1.82, 2.24) is 14.5 Å². The number of nitrogens with zero attached hydrogens (tertiary/aromatic N) is 3. The van der Waals surface area contributed by atoms with Crippen molar-refractivity contribution < 1.29 is 4.79 Å². The van der Waals surface area contributed by atoms with Gasteiger partial charge in [0.25, 0.3) is 5.56 Å². The zero-order chi connectivity index (χ0) is 23.4. The lowest BCUT2D eigenvalue weighted by Crippen LogP contribution is -2.41. The number of para-hydroxylation sites is 1. The van der Waals surface area contributed by atoms with Crippen LogP contribution in [0.5, 0.6) is 0 Å². The molecule has 0 N–H and O–H groups in total. The Bertz CT molecular complexity index is 1160. The van der Waals surface area contributed by atoms with Crippen molar-refractivity contribution in [2.45, 2.75) is 71.8 Å². The van der Waals surface area contributed by atoms with Crippen molar-refractivity contribution in [2.75, 3.05) is 6.54 Å². The van der Waals surface area contributed by atoms with Gasteiger partial charge in [-0.1, -0.05) is 57.9 Å². The summed E-state index contributed by atoms with van der Waals surface area (Å²) in [4.78, 5) is 34.4. The van der Waals surface area contributed by atoms with Crippen LogP contribution < -0.4 is 5.56 Å². The van der Waals surface area contributed by atoms with E-state index in [4.69, 9.17) is 4.98 Å². The number of hydrogen-bond donors (Lipinski definition) is 0. The molecule has 1 saturated carbocycles. The van der Waals surface area contributed by atoms with Crippen LogP contribution in [-0.2, 0) is 11.2 Å². The fraction of sp³-hybridized carbons (Fsp3) is 0.464. The molecule has 0 saturated heterocycles. The maximum Gasteiger partial charge on any atom is 0.266 e. The molecule has 5 heteroatoms. The second-order valence-electron chi connectivity index (χ2n) is 9.08. The molecule has 1 heterocycles. The van der Waals surface area contributed by atoms with Crippen LogP contribution in [0.15, 0.2) is 53.3 Å². The summed E-state index contributed by atoms with van der Waals surface area (Å²) in [5.74, 6) is 0.969. The summed E-state index contributed by atoms with van der Waals surface area (Å²) in [5.41, 5.74) is 2.62. The lowest BCUT2D eigenvalue weighted by molar-refractivity contribution is -0.138. The minimum atomic E-state index is -0.249. The molecule has 1 fully saturated rings. The molecule has 4 rings (SSSR count). The molecule has 174 valence electrons. The maximum atomic E-state index is 13.8. The molecule has 0 bridgehead atoms. The smallest absolute Gasteiger partial charge is 0.266 e. The van der Waals surface area contributed by atoms with Crippen molar-refractivity contribution >= 4 is 16.8 Å². The number of carbonyl (C=O) groups is 1. The zero-order valence-corrected chi connectivity index (χ0v) is 20.1. The van der Waals surface area contributed by atoms with Gasteiger partial charge in [0.2, 0.25) is 5.91 Å². The Morgan fingerprint density at radius 1 is 1.06 bits per heavy atom. The minimum absolute atomic E-state index is 0.0805. The predicted octanol–water partition coefficient (Wildman–Crippen LogP) is 5.83. The van der Waals surface area contributed by atoms with Crippen LogP contribution in [-0.4, -0.2) is 26.9 Å². The Labute approximate surface area is 196 Å². The van der Waals surface area contributed by atoms with Crippen molar-refractivity contribution in [3.63, 3.8) is 0 Å². The van der Waals surface area contributed by atoms with E-state index in [-0.39, 0.29) is 23.4 Å². The molecule has 1 atom stereocenters. The monoisotopic (exact) mass is 445 g/mol. The van der Waals surface area contributed by atoms with E-state index in [1.165, 1.54) is 5.56 Å². The van der Waals surface area contributed by atoms with Crippen molar-refractivity contribution in [2.24, 2.45) is 5.92 Å². The Hall–Kier alpha value is -2.95. The number of aromatic nitrogens is 2. The highest BCUT2D eigenvalue weighted by Crippen LogP contribution is 2.32. The first-order chi connectivity index (χ1) is 16.1. The topological polar surface area (TPSA) is 55.2 Å². The van der Waals surface area contributed by atoms with Gasteiger partial charge in [0.05, 0.1) is 22.6 Å². The summed E-state index contributed by atoms with van der Waals surface area (Å²) in [5, 5.41) is 0.597. The Morgan fingerprint density at radius 3 is 2.39 bits per heavy atom. The Kier molecular flexibility index (Phi) is 7.26. The molecular formula is C28H35N3O2. The first-order valence-corrected chi connectivity index (χ1v) is 12.5. The van der Waals surface area contributed by atoms with Gasteiger partial charge in [0, 0.05) is 12.5 Å². The van der Waals surface area contributed by atoms with E-state index >= 15 is 0 Å². The summed E-state index contributed by atoms with van der Waals surface area (Å²) >= 11 is 0. The summed E-state index contributed by atoms with van der Waals surface area (Å²) in [6, 6.07) is 15.4. The lowest BCUT2D eigenvalue weighted by Gasteiger charge is -2.34. The summed E-state index contributed by atoms with van der Waals surface area (Å²) in [6.07, 6.45) is 6.69. The fourth-order valence-electron chi connectivity index (χ4n) is 5.11. The highest BCUT2D eigenvalue weighted by Gasteiger charge is 2.33. The van der Waals surface area contributed by atoms with Gasteiger partial charge in [0.15, 0.2) is 0 Å². The van der Waals surface area contributed by atoms with Crippen LogP contribution in [0.25, 0.3) is 16.6 Å². The van der Waals surface area contributed by atoms with Crippen LogP contribution in [0.1, 0.15) is 76.7 Å². The molecule has 2 aromatic carbocycles. The van der Waals surface area contributed by atoms with Crippen molar-refractivity contribution in [3.05, 3.63) is 70.3 Å². The van der Waals surface area contributed by atoms with Gasteiger partial charge in [-0.2, -0.15) is 0 Å². The number of rotatable bonds is 8. The number of benzene rings is 2. The minimum Gasteiger partial charge on any atom is -0.332 e. The molecule has 1 aliphatic rings. The third-order valence-electron chi connectivity index (χ3n) is 6.92. The number of aryl methyl sites for hydroxylation is 1.